The highest BCUT2D eigenvalue weighted by atomic mass is 32.1. The topological polar surface area (TPSA) is 77.5 Å². The molecular formula is C18H26N8S. The molecule has 2 N–H and O–H groups in total. The maximum atomic E-state index is 5.44. The minimum atomic E-state index is 0.0602. The Labute approximate surface area is 164 Å². The van der Waals surface area contributed by atoms with Gasteiger partial charge in [-0.1, -0.05) is 0 Å². The van der Waals surface area contributed by atoms with E-state index in [1.54, 1.807) is 12.4 Å². The first kappa shape index (κ1) is 19.1. The molecule has 144 valence electrons. The van der Waals surface area contributed by atoms with E-state index >= 15 is 0 Å². The minimum Gasteiger partial charge on any atom is -0.354 e. The molecule has 0 aliphatic carbocycles. The van der Waals surface area contributed by atoms with E-state index in [0.29, 0.717) is 11.7 Å². The molecule has 1 unspecified atom stereocenters. The Morgan fingerprint density at radius 3 is 2.63 bits per heavy atom. The number of anilines is 1. The molecule has 0 amide bonds. The zero-order chi connectivity index (χ0) is 19.4. The molecule has 0 saturated carbocycles. The number of nitrogens with zero attached hydrogens (tertiary/aromatic N) is 6. The lowest BCUT2D eigenvalue weighted by Crippen LogP contribution is -2.32. The summed E-state index contributed by atoms with van der Waals surface area (Å²) in [6.45, 7) is 10.7. The Morgan fingerprint density at radius 2 is 1.93 bits per heavy atom. The summed E-state index contributed by atoms with van der Waals surface area (Å²) in [6, 6.07) is 2.06. The summed E-state index contributed by atoms with van der Waals surface area (Å²) >= 11 is 5.44. The molecule has 9 heteroatoms. The standard InChI is InChI=1S/C18H26N8S/c1-5-25-14(4)15(9-21-25)11-24-12-16(10-20-24)23-18(27)22-13(3)17-7-8-19-26(17)6-2/h7-10,12-13H,5-6,11H2,1-4H3,(H2,22,23,27). The fourth-order valence-corrected chi connectivity index (χ4v) is 3.36. The van der Waals surface area contributed by atoms with Gasteiger partial charge in [0.15, 0.2) is 5.11 Å². The second-order valence-electron chi connectivity index (χ2n) is 6.39. The van der Waals surface area contributed by atoms with Gasteiger partial charge in [-0.15, -0.1) is 0 Å². The number of hydrogen-bond donors (Lipinski definition) is 2. The highest BCUT2D eigenvalue weighted by Gasteiger charge is 2.12. The molecule has 27 heavy (non-hydrogen) atoms. The molecule has 0 aliphatic rings. The zero-order valence-electron chi connectivity index (χ0n) is 16.2. The molecule has 3 aromatic rings. The maximum absolute atomic E-state index is 5.44. The average Bonchev–Trinajstić information content (AvgIpc) is 3.36. The third-order valence-corrected chi connectivity index (χ3v) is 4.79. The molecule has 0 aromatic carbocycles. The number of nitrogens with one attached hydrogen (secondary N) is 2. The van der Waals surface area contributed by atoms with E-state index in [-0.39, 0.29) is 6.04 Å². The lowest BCUT2D eigenvalue weighted by Gasteiger charge is -2.17. The lowest BCUT2D eigenvalue weighted by molar-refractivity contribution is 0.568. The molecule has 0 aliphatic heterocycles. The van der Waals surface area contributed by atoms with Crippen LogP contribution in [0.15, 0.2) is 30.9 Å². The molecule has 3 aromatic heterocycles. The van der Waals surface area contributed by atoms with Gasteiger partial charge >= 0.3 is 0 Å². The Kier molecular flexibility index (Phi) is 5.90. The lowest BCUT2D eigenvalue weighted by atomic mass is 10.2. The van der Waals surface area contributed by atoms with Crippen LogP contribution < -0.4 is 10.6 Å². The van der Waals surface area contributed by atoms with E-state index in [1.807, 2.05) is 32.5 Å². The molecule has 1 atom stereocenters. The Hall–Kier alpha value is -2.68. The number of aromatic nitrogens is 6. The Balaban J connectivity index is 1.58. The molecule has 0 bridgehead atoms. The second-order valence-corrected chi connectivity index (χ2v) is 6.80. The van der Waals surface area contributed by atoms with Crippen LogP contribution in [-0.4, -0.2) is 34.5 Å². The fourth-order valence-electron chi connectivity index (χ4n) is 3.06. The van der Waals surface area contributed by atoms with Crippen molar-refractivity contribution in [1.82, 2.24) is 34.7 Å². The van der Waals surface area contributed by atoms with Crippen LogP contribution in [-0.2, 0) is 19.6 Å². The predicted octanol–water partition coefficient (Wildman–Crippen LogP) is 2.72. The minimum absolute atomic E-state index is 0.0602. The van der Waals surface area contributed by atoms with Crippen LogP contribution in [0.1, 0.15) is 43.8 Å². The molecule has 0 spiro atoms. The van der Waals surface area contributed by atoms with Gasteiger partial charge in [-0.05, 0) is 46.0 Å². The molecule has 8 nitrogen and oxygen atoms in total. The van der Waals surface area contributed by atoms with E-state index in [1.165, 1.54) is 5.69 Å². The van der Waals surface area contributed by atoms with Crippen molar-refractivity contribution in [3.8, 4) is 0 Å². The van der Waals surface area contributed by atoms with Crippen molar-refractivity contribution >= 4 is 23.0 Å². The Morgan fingerprint density at radius 1 is 1.15 bits per heavy atom. The number of aryl methyl sites for hydroxylation is 2. The van der Waals surface area contributed by atoms with Gasteiger partial charge in [0.25, 0.3) is 0 Å². The molecular weight excluding hydrogens is 360 g/mol. The monoisotopic (exact) mass is 386 g/mol. The summed E-state index contributed by atoms with van der Waals surface area (Å²) in [6.07, 6.45) is 7.42. The van der Waals surface area contributed by atoms with Crippen molar-refractivity contribution in [1.29, 1.82) is 0 Å². The molecule has 3 rings (SSSR count). The smallest absolute Gasteiger partial charge is 0.171 e. The van der Waals surface area contributed by atoms with Gasteiger partial charge in [0.1, 0.15) is 0 Å². The van der Waals surface area contributed by atoms with Crippen LogP contribution in [0.2, 0.25) is 0 Å². The quantitative estimate of drug-likeness (QED) is 0.608. The second kappa shape index (κ2) is 8.34. The van der Waals surface area contributed by atoms with Gasteiger partial charge < -0.3 is 10.6 Å². The van der Waals surface area contributed by atoms with Crippen LogP contribution >= 0.6 is 12.2 Å². The van der Waals surface area contributed by atoms with Crippen LogP contribution in [0.25, 0.3) is 0 Å². The Bertz CT molecular complexity index is 906. The maximum Gasteiger partial charge on any atom is 0.171 e. The summed E-state index contributed by atoms with van der Waals surface area (Å²) < 4.78 is 5.82. The van der Waals surface area contributed by atoms with E-state index in [9.17, 15) is 0 Å². The largest absolute Gasteiger partial charge is 0.354 e. The van der Waals surface area contributed by atoms with E-state index in [4.69, 9.17) is 12.2 Å². The van der Waals surface area contributed by atoms with Gasteiger partial charge in [-0.3, -0.25) is 14.0 Å². The first-order valence-corrected chi connectivity index (χ1v) is 9.55. The number of thiocarbonyl (C=S) groups is 1. The summed E-state index contributed by atoms with van der Waals surface area (Å²) in [5.74, 6) is 0. The van der Waals surface area contributed by atoms with Crippen LogP contribution in [0.3, 0.4) is 0 Å². The van der Waals surface area contributed by atoms with Crippen LogP contribution in [0.4, 0.5) is 5.69 Å². The van der Waals surface area contributed by atoms with Crippen molar-refractivity contribution in [3.05, 3.63) is 47.8 Å². The van der Waals surface area contributed by atoms with E-state index in [0.717, 1.165) is 30.0 Å². The molecule has 0 radical (unpaired) electrons. The first-order valence-electron chi connectivity index (χ1n) is 9.14. The third kappa shape index (κ3) is 4.36. The van der Waals surface area contributed by atoms with Gasteiger partial charge in [0.05, 0.1) is 36.4 Å². The van der Waals surface area contributed by atoms with Crippen LogP contribution in [0, 0.1) is 6.92 Å². The molecule has 3 heterocycles. The van der Waals surface area contributed by atoms with E-state index in [2.05, 4.69) is 53.6 Å². The fraction of sp³-hybridized carbons (Fsp3) is 0.444. The van der Waals surface area contributed by atoms with Crippen LogP contribution in [0.5, 0.6) is 0 Å². The van der Waals surface area contributed by atoms with E-state index < -0.39 is 0 Å². The van der Waals surface area contributed by atoms with Crippen molar-refractivity contribution in [3.63, 3.8) is 0 Å². The zero-order valence-corrected chi connectivity index (χ0v) is 17.0. The van der Waals surface area contributed by atoms with Gasteiger partial charge in [0.2, 0.25) is 0 Å². The molecule has 0 saturated heterocycles. The van der Waals surface area contributed by atoms with Gasteiger partial charge in [-0.25, -0.2) is 0 Å². The van der Waals surface area contributed by atoms with Crippen molar-refractivity contribution in [2.24, 2.45) is 0 Å². The summed E-state index contributed by atoms with van der Waals surface area (Å²) in [5, 5.41) is 20.1. The van der Waals surface area contributed by atoms with Crippen molar-refractivity contribution in [2.45, 2.75) is 53.4 Å². The summed E-state index contributed by atoms with van der Waals surface area (Å²) in [4.78, 5) is 0. The number of rotatable bonds is 7. The first-order chi connectivity index (χ1) is 13.0. The normalized spacial score (nSPS) is 12.1. The van der Waals surface area contributed by atoms with Crippen molar-refractivity contribution < 1.29 is 0 Å². The number of hydrogen-bond acceptors (Lipinski definition) is 4. The highest BCUT2D eigenvalue weighted by molar-refractivity contribution is 7.80. The van der Waals surface area contributed by atoms with Gasteiger partial charge in [0, 0.05) is 36.7 Å². The predicted molar refractivity (Wildman–Crippen MR) is 110 cm³/mol. The molecule has 0 fully saturated rings. The average molecular weight is 387 g/mol. The highest BCUT2D eigenvalue weighted by Crippen LogP contribution is 2.14. The summed E-state index contributed by atoms with van der Waals surface area (Å²) in [7, 11) is 0. The summed E-state index contributed by atoms with van der Waals surface area (Å²) in [5.41, 5.74) is 4.28. The van der Waals surface area contributed by atoms with Gasteiger partial charge in [-0.2, -0.15) is 15.3 Å². The SMILES string of the molecule is CCn1nccc1C(C)NC(=S)Nc1cnn(Cc2cnn(CC)c2C)c1. The third-order valence-electron chi connectivity index (χ3n) is 4.57. The van der Waals surface area contributed by atoms with Crippen molar-refractivity contribution in [2.75, 3.05) is 5.32 Å².